The van der Waals surface area contributed by atoms with Crippen LogP contribution in [0.5, 0.6) is 0 Å². The van der Waals surface area contributed by atoms with E-state index in [1.165, 1.54) is 0 Å². The number of halogens is 28. The van der Waals surface area contributed by atoms with Gasteiger partial charge in [-0.15, -0.1) is 0 Å². The van der Waals surface area contributed by atoms with Gasteiger partial charge in [-0.25, -0.2) is 0 Å². The van der Waals surface area contributed by atoms with Crippen molar-refractivity contribution in [2.75, 3.05) is 0 Å². The minimum absolute atomic E-state index is 0. The molecule has 0 amide bonds. The van der Waals surface area contributed by atoms with Gasteiger partial charge in [0, 0.05) is 0 Å². The van der Waals surface area contributed by atoms with Crippen LogP contribution >= 0.6 is 395 Å². The van der Waals surface area contributed by atoms with E-state index in [2.05, 4.69) is 315 Å². The van der Waals surface area contributed by atoms with Crippen molar-refractivity contribution in [3.8, 4) is 0 Å². The number of hydrogen-bond acceptors (Lipinski definition) is 3. The Morgan fingerprint density at radius 2 is 0.825 bits per heavy atom. The fraction of sp³-hybridized carbons (Fsp3) is 0.714. The molecule has 0 saturated heterocycles. The van der Waals surface area contributed by atoms with Gasteiger partial charge in [0.2, 0.25) is 0 Å². The summed E-state index contributed by atoms with van der Waals surface area (Å²) in [6.07, 6.45) is 1.66. The van der Waals surface area contributed by atoms with Gasteiger partial charge in [-0.2, -0.15) is 28.9 Å². The van der Waals surface area contributed by atoms with Crippen molar-refractivity contribution in [3.63, 3.8) is 0 Å². The van der Waals surface area contributed by atoms with Crippen molar-refractivity contribution >= 4 is 395 Å². The zero-order valence-corrected chi connectivity index (χ0v) is 79.6. The standard InChI is InChI=1S/C7H14N4.I28.H2S/c1-7(2,3)6(8)5-4-9-11-10-5;1-16(2)18(5)20(7)22(9)24(11)26(13)28(15)27(14)25(12)23(10)21(8)19(6)17(3)4;/h4,6H,8H2,1-3H3,(H,9,10,11);;1H2/t6-;;/m1../s1. The Morgan fingerprint density at radius 1 is 0.575 bits per heavy atom. The largest absolute Gasteiger partial charge is 0.197 e. The van der Waals surface area contributed by atoms with Crippen molar-refractivity contribution in [2.45, 2.75) is 26.8 Å². The van der Waals surface area contributed by atoms with Gasteiger partial charge in [0.05, 0.1) is 17.9 Å². The van der Waals surface area contributed by atoms with Crippen molar-refractivity contribution in [1.82, 2.24) is 15.4 Å². The van der Waals surface area contributed by atoms with E-state index in [9.17, 15) is 0 Å². The molecule has 1 aromatic heterocycles. The maximum atomic E-state index is 5.89. The number of hydrogen-bond donors (Lipinski definition) is 2. The summed E-state index contributed by atoms with van der Waals surface area (Å²) in [7, 11) is -5.91. The number of aromatic nitrogens is 3. The average Bonchev–Trinajstić information content (AvgIpc) is 3.42. The first kappa shape index (κ1) is 62.0. The zero-order chi connectivity index (χ0) is 31.0. The number of nitrogens with zero attached hydrogens (tertiary/aromatic N) is 2. The van der Waals surface area contributed by atoms with Gasteiger partial charge in [0.15, 0.2) is 0 Å². The molecule has 0 aliphatic carbocycles. The van der Waals surface area contributed by atoms with Crippen LogP contribution in [-0.4, -0.2) is 15.4 Å². The van der Waals surface area contributed by atoms with E-state index in [1.807, 2.05) is 0 Å². The van der Waals surface area contributed by atoms with Crippen LogP contribution < -0.4 is 5.73 Å². The van der Waals surface area contributed by atoms with Gasteiger partial charge in [-0.3, -0.25) is 0 Å². The van der Waals surface area contributed by atoms with Crippen LogP contribution in [0.15, 0.2) is 6.20 Å². The molecule has 33 heteroatoms. The smallest absolute Gasteiger partial charge is 0.197 e. The maximum absolute atomic E-state index is 5.89. The first-order chi connectivity index (χ1) is 17.7. The molecule has 0 bridgehead atoms. The summed E-state index contributed by atoms with van der Waals surface area (Å²) in [5.74, 6) is 0. The van der Waals surface area contributed by atoms with Crippen molar-refractivity contribution in [3.05, 3.63) is 11.9 Å². The van der Waals surface area contributed by atoms with Crippen LogP contribution in [0.2, 0.25) is 0 Å². The van der Waals surface area contributed by atoms with Gasteiger partial charge in [0.25, 0.3) is 0 Å². The number of H-pyrrole nitrogens is 1. The third kappa shape index (κ3) is 26.0. The third-order valence-corrected chi connectivity index (χ3v) is 1990. The molecule has 3 N–H and O–H groups in total. The molecule has 0 aromatic carbocycles. The molecule has 0 radical (unpaired) electrons. The predicted molar refractivity (Wildman–Crippen MR) is 446 cm³/mol. The predicted octanol–water partition coefficient (Wildman–Crippen LogP) is 25.8. The molecule has 266 valence electrons. The average molecular weight is 3740 g/mol. The van der Waals surface area contributed by atoms with Gasteiger partial charge in [-0.05, 0) is 5.41 Å². The van der Waals surface area contributed by atoms with E-state index in [-0.39, 0.29) is 25.0 Å². The number of nitrogens with two attached hydrogens (primary N) is 1. The fourth-order valence-electron chi connectivity index (χ4n) is 1.14. The second-order valence-electron chi connectivity index (χ2n) is 5.84. The minimum atomic E-state index is -0.475. The summed E-state index contributed by atoms with van der Waals surface area (Å²) in [6, 6.07) is -0.0544. The fourth-order valence-corrected chi connectivity index (χ4v) is 4610. The summed E-state index contributed by atoms with van der Waals surface area (Å²) in [5, 5.41) is 10.2. The second-order valence-corrected chi connectivity index (χ2v) is 639. The van der Waals surface area contributed by atoms with E-state index in [4.69, 9.17) is 5.73 Å². The molecule has 1 heterocycles. The quantitative estimate of drug-likeness (QED) is 0.193. The SMILES string of the molecule is CC(C)(C)[C@H](N)c1cn[nH]n1.II(I)I(I)I(I)I(I)I(I)I(I)I(I)I(I)I(I)I(I)I(I)I(I)I(I)I.S. The molecular weight excluding hydrogens is 3730 g/mol. The van der Waals surface area contributed by atoms with E-state index in [1.54, 1.807) is 6.20 Å². The summed E-state index contributed by atoms with van der Waals surface area (Å²) < 4.78 is 0. The van der Waals surface area contributed by atoms with Gasteiger partial charge in [-0.1, -0.05) is 20.8 Å². The van der Waals surface area contributed by atoms with E-state index < -0.39 is 103 Å². The number of aromatic amines is 1. The Balaban J connectivity index is 0. The summed E-state index contributed by atoms with van der Waals surface area (Å²) >= 11 is 46.9. The van der Waals surface area contributed by atoms with Gasteiger partial charge in [0.1, 0.15) is 0 Å². The van der Waals surface area contributed by atoms with Crippen LogP contribution in [0.4, 0.5) is 0 Å². The Labute approximate surface area is 438 Å². The molecule has 0 aliphatic heterocycles. The molecule has 1 aromatic rings. The normalized spacial score (nSPS) is 16.9. The van der Waals surface area contributed by atoms with Crippen LogP contribution in [0, 0.1) is 5.41 Å². The topological polar surface area (TPSA) is 67.6 Å². The molecule has 0 fully saturated rings. The Morgan fingerprint density at radius 3 is 1.00 bits per heavy atom. The molecular formula is C7H16I28N4S. The van der Waals surface area contributed by atoms with Gasteiger partial charge < -0.3 is 5.73 Å². The van der Waals surface area contributed by atoms with E-state index in [0.717, 1.165) is 5.69 Å². The summed E-state index contributed by atoms with van der Waals surface area (Å²) in [4.78, 5) is 0. The van der Waals surface area contributed by atoms with Crippen LogP contribution in [0.25, 0.3) is 0 Å². The second kappa shape index (κ2) is 35.2. The van der Waals surface area contributed by atoms with Crippen molar-refractivity contribution in [1.29, 1.82) is 0 Å². The molecule has 4 nitrogen and oxygen atoms in total. The number of rotatable bonds is 13. The third-order valence-electron chi connectivity index (χ3n) is 2.66. The molecule has 1 rings (SSSR count). The summed E-state index contributed by atoms with van der Waals surface area (Å²) in [5.41, 5.74) is 6.75. The van der Waals surface area contributed by atoms with E-state index >= 15 is 0 Å². The first-order valence-corrected chi connectivity index (χ1v) is 177. The first-order valence-electron chi connectivity index (χ1n) is 7.49. The Hall–Kier alpha value is 19.9. The molecule has 0 spiro atoms. The van der Waals surface area contributed by atoms with Gasteiger partial charge >= 0.3 is 382 Å². The van der Waals surface area contributed by atoms with Crippen LogP contribution in [0.3, 0.4) is 0 Å². The Kier molecular flexibility index (Phi) is 54.5. The molecule has 0 aliphatic rings. The number of nitrogens with one attached hydrogen (secondary N) is 1. The minimum Gasteiger partial charge on any atom is -0.197 e. The maximum Gasteiger partial charge on any atom is -0.197 e. The monoisotopic (exact) mass is 3740 g/mol. The van der Waals surface area contributed by atoms with Crippen LogP contribution in [-0.2, 0) is 0 Å². The van der Waals surface area contributed by atoms with Crippen molar-refractivity contribution in [2.24, 2.45) is 11.1 Å². The molecule has 0 unspecified atom stereocenters. The molecule has 1 atom stereocenters. The van der Waals surface area contributed by atoms with Crippen molar-refractivity contribution < 1.29 is 0 Å². The Bertz CT molecular complexity index is 743. The van der Waals surface area contributed by atoms with Crippen LogP contribution in [0.1, 0.15) is 32.5 Å². The molecule has 40 heavy (non-hydrogen) atoms. The van der Waals surface area contributed by atoms with E-state index in [0.29, 0.717) is 0 Å². The molecule has 0 saturated carbocycles. The zero-order valence-electron chi connectivity index (χ0n) is 18.2. The summed E-state index contributed by atoms with van der Waals surface area (Å²) in [6.45, 7) is 6.23.